The van der Waals surface area contributed by atoms with Gasteiger partial charge in [0.1, 0.15) is 12.5 Å². The molecular formula is C21H27N3O2Si. The molecule has 142 valence electrons. The molecule has 0 radical (unpaired) electrons. The van der Waals surface area contributed by atoms with Gasteiger partial charge in [0, 0.05) is 44.8 Å². The lowest BCUT2D eigenvalue weighted by Gasteiger charge is -2.16. The molecule has 0 saturated heterocycles. The summed E-state index contributed by atoms with van der Waals surface area (Å²) in [6, 6.07) is 14.5. The fraction of sp³-hybridized carbons (Fsp3) is 0.333. The van der Waals surface area contributed by atoms with Gasteiger partial charge in [0.2, 0.25) is 0 Å². The second-order valence-electron chi connectivity index (χ2n) is 7.95. The predicted molar refractivity (Wildman–Crippen MR) is 110 cm³/mol. The van der Waals surface area contributed by atoms with Crippen LogP contribution in [0.15, 0.2) is 54.9 Å². The molecule has 1 aromatic carbocycles. The molecule has 27 heavy (non-hydrogen) atoms. The third kappa shape index (κ3) is 5.77. The summed E-state index contributed by atoms with van der Waals surface area (Å²) in [6.07, 6.45) is 4.41. The third-order valence-electron chi connectivity index (χ3n) is 4.37. The number of hydrogen-bond donors (Lipinski definition) is 1. The number of aromatic nitrogens is 3. The zero-order valence-electron chi connectivity index (χ0n) is 16.2. The minimum atomic E-state index is -1.08. The van der Waals surface area contributed by atoms with E-state index in [0.717, 1.165) is 41.6 Å². The molecule has 0 aliphatic rings. The normalized spacial score (nSPS) is 11.7. The van der Waals surface area contributed by atoms with Crippen LogP contribution in [0.25, 0.3) is 11.3 Å². The molecule has 0 bridgehead atoms. The Bertz CT molecular complexity index is 852. The summed E-state index contributed by atoms with van der Waals surface area (Å²) in [6.45, 7) is 8.28. The summed E-state index contributed by atoms with van der Waals surface area (Å²) in [7, 11) is -1.08. The maximum Gasteiger partial charge on any atom is 0.139 e. The first-order chi connectivity index (χ1) is 12.9. The summed E-state index contributed by atoms with van der Waals surface area (Å²) in [4.78, 5) is 4.58. The number of hydrogen-bond acceptors (Lipinski definition) is 4. The zero-order valence-corrected chi connectivity index (χ0v) is 17.2. The van der Waals surface area contributed by atoms with Crippen molar-refractivity contribution in [3.63, 3.8) is 0 Å². The Balaban J connectivity index is 1.62. The highest BCUT2D eigenvalue weighted by molar-refractivity contribution is 6.76. The van der Waals surface area contributed by atoms with Gasteiger partial charge in [-0.25, -0.2) is 4.68 Å². The van der Waals surface area contributed by atoms with Gasteiger partial charge >= 0.3 is 0 Å². The monoisotopic (exact) mass is 381 g/mol. The van der Waals surface area contributed by atoms with Crippen molar-refractivity contribution in [1.29, 1.82) is 0 Å². The maximum atomic E-state index is 9.38. The van der Waals surface area contributed by atoms with Crippen LogP contribution in [0.3, 0.4) is 0 Å². The average Bonchev–Trinajstić information content (AvgIpc) is 3.09. The van der Waals surface area contributed by atoms with Crippen LogP contribution in [0.5, 0.6) is 5.75 Å². The van der Waals surface area contributed by atoms with Gasteiger partial charge < -0.3 is 9.84 Å². The van der Waals surface area contributed by atoms with Crippen LogP contribution in [0.2, 0.25) is 25.7 Å². The molecule has 6 heteroatoms. The van der Waals surface area contributed by atoms with Gasteiger partial charge in [0.05, 0.1) is 5.69 Å². The van der Waals surface area contributed by atoms with Crippen molar-refractivity contribution in [3.05, 3.63) is 66.1 Å². The topological polar surface area (TPSA) is 60.2 Å². The Morgan fingerprint density at radius 1 is 1.04 bits per heavy atom. The Morgan fingerprint density at radius 3 is 2.48 bits per heavy atom. The van der Waals surface area contributed by atoms with E-state index in [2.05, 4.69) is 35.8 Å². The Hall–Kier alpha value is -2.44. The van der Waals surface area contributed by atoms with E-state index < -0.39 is 8.07 Å². The minimum absolute atomic E-state index is 0.280. The van der Waals surface area contributed by atoms with Crippen molar-refractivity contribution in [1.82, 2.24) is 14.8 Å². The van der Waals surface area contributed by atoms with E-state index in [4.69, 9.17) is 4.74 Å². The first kappa shape index (κ1) is 19.3. The van der Waals surface area contributed by atoms with E-state index in [-0.39, 0.29) is 5.75 Å². The average molecular weight is 382 g/mol. The number of benzene rings is 1. The summed E-state index contributed by atoms with van der Waals surface area (Å²) < 4.78 is 7.70. The number of phenols is 1. The number of ether oxygens (including phenoxy) is 1. The van der Waals surface area contributed by atoms with Crippen molar-refractivity contribution in [2.45, 2.75) is 38.8 Å². The van der Waals surface area contributed by atoms with Crippen LogP contribution >= 0.6 is 0 Å². The second-order valence-corrected chi connectivity index (χ2v) is 13.6. The molecule has 0 aliphatic carbocycles. The molecule has 3 aromatic rings. The molecule has 3 rings (SSSR count). The van der Waals surface area contributed by atoms with Crippen LogP contribution in [0.4, 0.5) is 0 Å². The molecule has 0 aliphatic heterocycles. The number of nitrogens with zero attached hydrogens (tertiary/aromatic N) is 3. The lowest BCUT2D eigenvalue weighted by atomic mass is 10.1. The molecule has 0 saturated carbocycles. The van der Waals surface area contributed by atoms with Crippen molar-refractivity contribution < 1.29 is 9.84 Å². The zero-order chi connectivity index (χ0) is 19.3. The largest absolute Gasteiger partial charge is 0.508 e. The molecule has 0 unspecified atom stereocenters. The van der Waals surface area contributed by atoms with Gasteiger partial charge in [-0.1, -0.05) is 31.8 Å². The fourth-order valence-corrected chi connectivity index (χ4v) is 3.47. The molecule has 2 aromatic heterocycles. The van der Waals surface area contributed by atoms with E-state index >= 15 is 0 Å². The predicted octanol–water partition coefficient (Wildman–Crippen LogP) is 4.55. The second kappa shape index (κ2) is 8.50. The Morgan fingerprint density at radius 2 is 1.81 bits per heavy atom. The van der Waals surface area contributed by atoms with E-state index in [1.54, 1.807) is 18.3 Å². The highest BCUT2D eigenvalue weighted by Gasteiger charge is 2.12. The number of aromatic hydroxyl groups is 1. The van der Waals surface area contributed by atoms with E-state index in [0.29, 0.717) is 6.73 Å². The van der Waals surface area contributed by atoms with Crippen molar-refractivity contribution in [2.75, 3.05) is 6.61 Å². The number of rotatable bonds is 8. The van der Waals surface area contributed by atoms with Crippen LogP contribution in [-0.4, -0.2) is 34.6 Å². The summed E-state index contributed by atoms with van der Waals surface area (Å²) >= 11 is 0. The van der Waals surface area contributed by atoms with Crippen molar-refractivity contribution >= 4 is 8.07 Å². The van der Waals surface area contributed by atoms with Crippen LogP contribution in [0.1, 0.15) is 11.3 Å². The van der Waals surface area contributed by atoms with Gasteiger partial charge in [-0.3, -0.25) is 4.98 Å². The number of pyridine rings is 1. The first-order valence-corrected chi connectivity index (χ1v) is 12.9. The lowest BCUT2D eigenvalue weighted by molar-refractivity contribution is 0.0798. The molecule has 2 heterocycles. The Kier molecular flexibility index (Phi) is 6.08. The Labute approximate surface area is 161 Å². The van der Waals surface area contributed by atoms with Gasteiger partial charge in [-0.05, 0) is 41.9 Å². The molecule has 0 fully saturated rings. The standard InChI is InChI=1S/C21H27N3O2Si/c1-27(2,3)13-12-26-16-24-21(10-11-23-24)18-6-7-19(22-15-18)14-17-4-8-20(25)9-5-17/h4-11,15,25H,12-14,16H2,1-3H3. The van der Waals surface area contributed by atoms with E-state index in [1.165, 1.54) is 0 Å². The first-order valence-electron chi connectivity index (χ1n) is 9.23. The molecule has 0 amide bonds. The van der Waals surface area contributed by atoms with Crippen LogP contribution < -0.4 is 0 Å². The SMILES string of the molecule is C[Si](C)(C)CCOCn1nccc1-c1ccc(Cc2ccc(O)cc2)nc1. The van der Waals surface area contributed by atoms with Gasteiger partial charge in [-0.2, -0.15) is 5.10 Å². The van der Waals surface area contributed by atoms with E-state index in [1.807, 2.05) is 35.1 Å². The van der Waals surface area contributed by atoms with E-state index in [9.17, 15) is 5.11 Å². The third-order valence-corrected chi connectivity index (χ3v) is 6.07. The quantitative estimate of drug-likeness (QED) is 0.459. The highest BCUT2D eigenvalue weighted by Crippen LogP contribution is 2.20. The van der Waals surface area contributed by atoms with Gasteiger partial charge in [0.25, 0.3) is 0 Å². The molecule has 5 nitrogen and oxygen atoms in total. The summed E-state index contributed by atoms with van der Waals surface area (Å²) in [5.41, 5.74) is 4.14. The van der Waals surface area contributed by atoms with Crippen molar-refractivity contribution in [3.8, 4) is 17.0 Å². The molecule has 0 spiro atoms. The molecule has 0 atom stereocenters. The minimum Gasteiger partial charge on any atom is -0.508 e. The van der Waals surface area contributed by atoms with Crippen molar-refractivity contribution in [2.24, 2.45) is 0 Å². The van der Waals surface area contributed by atoms with Gasteiger partial charge in [-0.15, -0.1) is 0 Å². The highest BCUT2D eigenvalue weighted by atomic mass is 28.3. The number of phenolic OH excluding ortho intramolecular Hbond substituents is 1. The van der Waals surface area contributed by atoms with Gasteiger partial charge in [0.15, 0.2) is 0 Å². The van der Waals surface area contributed by atoms with Crippen LogP contribution in [-0.2, 0) is 17.9 Å². The summed E-state index contributed by atoms with van der Waals surface area (Å²) in [5.74, 6) is 0.280. The lowest BCUT2D eigenvalue weighted by Crippen LogP contribution is -2.22. The smallest absolute Gasteiger partial charge is 0.139 e. The van der Waals surface area contributed by atoms with Crippen LogP contribution in [0, 0.1) is 0 Å². The summed E-state index contributed by atoms with van der Waals surface area (Å²) in [5, 5.41) is 13.8. The molecular weight excluding hydrogens is 354 g/mol. The molecule has 1 N–H and O–H groups in total. The maximum absolute atomic E-state index is 9.38. The fourth-order valence-electron chi connectivity index (χ4n) is 2.71.